The fraction of sp³-hybridized carbons (Fsp3) is 0.588. The summed E-state index contributed by atoms with van der Waals surface area (Å²) in [5.41, 5.74) is 5.50. The molecular weight excluding hydrogens is 901 g/mol. The average Bonchev–Trinajstić information content (AvgIpc) is 3.64. The first-order chi connectivity index (χ1) is 34.3. The molecule has 1 aliphatic heterocycles. The van der Waals surface area contributed by atoms with E-state index in [1.54, 1.807) is 12.3 Å². The van der Waals surface area contributed by atoms with Gasteiger partial charge in [-0.15, -0.1) is 0 Å². The molecule has 4 atom stereocenters. The minimum absolute atomic E-state index is 0.0173. The minimum Gasteiger partial charge on any atom is -0.477 e. The quantitative estimate of drug-likeness (QED) is 0.0847. The summed E-state index contributed by atoms with van der Waals surface area (Å²) in [6.45, 7) is 11.1. The molecule has 0 radical (unpaired) electrons. The van der Waals surface area contributed by atoms with Gasteiger partial charge in [-0.25, -0.2) is 14.6 Å². The number of pyridine rings is 2. The van der Waals surface area contributed by atoms with Gasteiger partial charge in [0.25, 0.3) is 0 Å². The lowest BCUT2D eigenvalue weighted by Gasteiger charge is -2.32. The van der Waals surface area contributed by atoms with Crippen LogP contribution in [0.5, 0.6) is 0 Å². The third-order valence-corrected chi connectivity index (χ3v) is 13.5. The lowest BCUT2D eigenvalue weighted by atomic mass is 9.92. The number of hydrogen-bond acceptors (Lipinski definition) is 16. The van der Waals surface area contributed by atoms with Crippen molar-refractivity contribution in [1.82, 2.24) is 40.5 Å². The molecule has 19 heteroatoms. The maximum Gasteiger partial charge on any atom is 0.407 e. The number of carbonyl (C=O) groups is 3. The number of carboxylic acids is 1. The Bertz CT molecular complexity index is 2180. The SMILES string of the molecule is C[C@]12CCc3n[nH]nc3CC[C@H]1[C@H]2COC(=O)NCCOCCOCCCC(=O)c1ccc(C(c2ccccn2)N2CCOCCOCCN(Cc3cccc(C(=O)O)n3)CCOCCOCC2)cc1. The number of carboxylic acid groups (broad SMARTS) is 1. The van der Waals surface area contributed by atoms with Gasteiger partial charge in [-0.2, -0.15) is 15.4 Å². The van der Waals surface area contributed by atoms with Crippen LogP contribution in [0.4, 0.5) is 4.79 Å². The Morgan fingerprint density at radius 3 is 2.19 bits per heavy atom. The molecule has 19 nitrogen and oxygen atoms in total. The van der Waals surface area contributed by atoms with Crippen LogP contribution in [0.3, 0.4) is 0 Å². The molecule has 70 heavy (non-hydrogen) atoms. The molecule has 1 unspecified atom stereocenters. The highest BCUT2D eigenvalue weighted by molar-refractivity contribution is 5.96. The predicted octanol–water partition coefficient (Wildman–Crippen LogP) is 4.82. The number of nitrogens with zero attached hydrogens (tertiary/aromatic N) is 6. The molecule has 0 bridgehead atoms. The maximum absolute atomic E-state index is 13.2. The van der Waals surface area contributed by atoms with Gasteiger partial charge in [0, 0.05) is 70.0 Å². The Labute approximate surface area is 410 Å². The van der Waals surface area contributed by atoms with Crippen molar-refractivity contribution >= 4 is 17.8 Å². The summed E-state index contributed by atoms with van der Waals surface area (Å²) in [7, 11) is 0. The number of ether oxygens (including phenoxy) is 7. The van der Waals surface area contributed by atoms with Gasteiger partial charge in [-0.3, -0.25) is 19.6 Å². The molecule has 4 aromatic rings. The van der Waals surface area contributed by atoms with Crippen LogP contribution in [0.2, 0.25) is 0 Å². The van der Waals surface area contributed by atoms with E-state index in [2.05, 4.69) is 42.4 Å². The number of aryl methyl sites for hydroxylation is 2. The van der Waals surface area contributed by atoms with E-state index in [0.717, 1.165) is 48.3 Å². The largest absolute Gasteiger partial charge is 0.477 e. The van der Waals surface area contributed by atoms with Gasteiger partial charge in [0.15, 0.2) is 5.78 Å². The van der Waals surface area contributed by atoms with E-state index in [1.807, 2.05) is 48.5 Å². The van der Waals surface area contributed by atoms with Gasteiger partial charge in [0.1, 0.15) is 5.69 Å². The summed E-state index contributed by atoms with van der Waals surface area (Å²) in [5, 5.41) is 23.5. The number of aromatic amines is 1. The molecule has 2 fully saturated rings. The number of rotatable bonds is 19. The third kappa shape index (κ3) is 16.1. The van der Waals surface area contributed by atoms with Gasteiger partial charge < -0.3 is 43.6 Å². The van der Waals surface area contributed by atoms with Gasteiger partial charge in [0.05, 0.1) is 108 Å². The average molecular weight is 971 g/mol. The number of H-pyrrole nitrogens is 1. The Balaban J connectivity index is 0.784. The Morgan fingerprint density at radius 2 is 1.50 bits per heavy atom. The van der Waals surface area contributed by atoms with Crippen LogP contribution >= 0.6 is 0 Å². The van der Waals surface area contributed by atoms with Gasteiger partial charge in [0.2, 0.25) is 0 Å². The molecule has 0 spiro atoms. The zero-order valence-electron chi connectivity index (χ0n) is 40.5. The van der Waals surface area contributed by atoms with Crippen LogP contribution in [0.1, 0.15) is 87.8 Å². The lowest BCUT2D eigenvalue weighted by Crippen LogP contribution is -2.36. The van der Waals surface area contributed by atoms with Crippen molar-refractivity contribution in [2.45, 2.75) is 58.0 Å². The summed E-state index contributed by atoms with van der Waals surface area (Å²) < 4.78 is 40.9. The second kappa shape index (κ2) is 28.0. The fourth-order valence-electron chi connectivity index (χ4n) is 9.48. The summed E-state index contributed by atoms with van der Waals surface area (Å²) >= 11 is 0. The van der Waals surface area contributed by atoms with Crippen molar-refractivity contribution < 1.29 is 52.6 Å². The molecular formula is C51H70N8O11. The van der Waals surface area contributed by atoms with E-state index in [0.29, 0.717) is 161 Å². The molecule has 2 aliphatic carbocycles. The summed E-state index contributed by atoms with van der Waals surface area (Å²) in [4.78, 5) is 50.5. The zero-order valence-corrected chi connectivity index (χ0v) is 40.5. The van der Waals surface area contributed by atoms with Crippen LogP contribution in [0.15, 0.2) is 66.9 Å². The van der Waals surface area contributed by atoms with Crippen molar-refractivity contribution in [3.05, 3.63) is 106 Å². The molecule has 3 N–H and O–H groups in total. The first kappa shape index (κ1) is 52.6. The molecule has 1 aromatic carbocycles. The molecule has 380 valence electrons. The monoisotopic (exact) mass is 971 g/mol. The van der Waals surface area contributed by atoms with Crippen LogP contribution in [0.25, 0.3) is 0 Å². The van der Waals surface area contributed by atoms with Crippen LogP contribution in [0, 0.1) is 17.3 Å². The highest BCUT2D eigenvalue weighted by atomic mass is 16.6. The summed E-state index contributed by atoms with van der Waals surface area (Å²) in [5.74, 6) is -0.118. The highest BCUT2D eigenvalue weighted by Gasteiger charge is 2.60. The molecule has 1 saturated heterocycles. The predicted molar refractivity (Wildman–Crippen MR) is 257 cm³/mol. The number of aromatic nitrogens is 5. The number of Topliss-reactive ketones (excluding diaryl/α,β-unsaturated/α-hetero) is 1. The molecule has 3 aliphatic rings. The molecule has 3 aromatic heterocycles. The number of carbonyl (C=O) groups excluding carboxylic acids is 2. The standard InChI is InChI=1S/C51H70N8O11/c1-51-17-16-44-43(55-57-56-44)15-14-41(51)42(51)37-70-50(63)53-19-25-65-31-30-64-24-5-9-47(60)38-10-12-39(13-11-38)48(45-7-2-3-18-52-45)59-22-28-68-34-32-66-26-20-58(21-27-67-33-35-69-29-23-59)36-40-6-4-8-46(54-40)49(61)62/h2-4,6-8,10-13,18,41-42,48H,5,9,14-17,19-37H2,1H3,(H,53,63)(H,61,62)(H,55,56,57)/t41-,42+,48?,51-/m0/s1. The number of amides is 1. The molecule has 4 heterocycles. The van der Waals surface area contributed by atoms with Gasteiger partial charge >= 0.3 is 12.1 Å². The van der Waals surface area contributed by atoms with E-state index >= 15 is 0 Å². The molecule has 7 rings (SSSR count). The summed E-state index contributed by atoms with van der Waals surface area (Å²) in [6, 6.07) is 18.5. The van der Waals surface area contributed by atoms with Crippen LogP contribution < -0.4 is 5.32 Å². The normalized spacial score (nSPS) is 21.7. The lowest BCUT2D eigenvalue weighted by molar-refractivity contribution is 0.00332. The number of ketones is 1. The molecule has 1 saturated carbocycles. The second-order valence-corrected chi connectivity index (χ2v) is 18.1. The second-order valence-electron chi connectivity index (χ2n) is 18.1. The number of aromatic carboxylic acids is 1. The highest BCUT2D eigenvalue weighted by Crippen LogP contribution is 2.63. The topological polar surface area (TPSA) is 222 Å². The number of fused-ring (bicyclic) bond motifs is 2. The molecule has 1 amide bonds. The fourth-order valence-corrected chi connectivity index (χ4v) is 9.48. The smallest absolute Gasteiger partial charge is 0.407 e. The number of benzene rings is 1. The van der Waals surface area contributed by atoms with E-state index in [4.69, 9.17) is 38.1 Å². The number of nitrogens with one attached hydrogen (secondary N) is 2. The van der Waals surface area contributed by atoms with E-state index in [9.17, 15) is 19.5 Å². The van der Waals surface area contributed by atoms with E-state index in [-0.39, 0.29) is 22.9 Å². The van der Waals surface area contributed by atoms with Crippen molar-refractivity contribution in [3.8, 4) is 0 Å². The summed E-state index contributed by atoms with van der Waals surface area (Å²) in [6.07, 6.45) is 6.16. The van der Waals surface area contributed by atoms with Crippen LogP contribution in [-0.4, -0.2) is 177 Å². The van der Waals surface area contributed by atoms with E-state index < -0.39 is 12.1 Å². The third-order valence-electron chi connectivity index (χ3n) is 13.5. The number of hydrogen-bond donors (Lipinski definition) is 3. The Hall–Kier alpha value is -5.25. The minimum atomic E-state index is -1.06. The zero-order chi connectivity index (χ0) is 48.8. The van der Waals surface area contributed by atoms with Gasteiger partial charge in [-0.05, 0) is 73.3 Å². The van der Waals surface area contributed by atoms with Crippen molar-refractivity contribution in [2.75, 3.05) is 119 Å². The van der Waals surface area contributed by atoms with Crippen molar-refractivity contribution in [1.29, 1.82) is 0 Å². The van der Waals surface area contributed by atoms with E-state index in [1.165, 1.54) is 6.07 Å². The van der Waals surface area contributed by atoms with Crippen molar-refractivity contribution in [3.63, 3.8) is 0 Å². The Kier molecular flexibility index (Phi) is 21.0. The first-order valence-corrected chi connectivity index (χ1v) is 24.7. The van der Waals surface area contributed by atoms with Crippen LogP contribution in [-0.2, 0) is 52.5 Å². The van der Waals surface area contributed by atoms with Gasteiger partial charge in [-0.1, -0.05) is 43.3 Å². The van der Waals surface area contributed by atoms with Crippen molar-refractivity contribution in [2.24, 2.45) is 17.3 Å². The maximum atomic E-state index is 13.2. The first-order valence-electron chi connectivity index (χ1n) is 24.7. The Morgan fingerprint density at radius 1 is 0.814 bits per heavy atom. The number of alkyl carbamates (subject to hydrolysis) is 1.